The minimum atomic E-state index is -1.00. The van der Waals surface area contributed by atoms with Crippen LogP contribution in [0.15, 0.2) is 42.6 Å². The van der Waals surface area contributed by atoms with E-state index in [1.54, 1.807) is 12.1 Å². The van der Waals surface area contributed by atoms with Gasteiger partial charge in [-0.05, 0) is 30.5 Å². The Kier molecular flexibility index (Phi) is 8.43. The van der Waals surface area contributed by atoms with Crippen LogP contribution in [0.2, 0.25) is 5.02 Å². The summed E-state index contributed by atoms with van der Waals surface area (Å²) in [6.07, 6.45) is 3.23. The summed E-state index contributed by atoms with van der Waals surface area (Å²) in [6, 6.07) is 9.03. The Bertz CT molecular complexity index is 1420. The van der Waals surface area contributed by atoms with E-state index in [1.807, 2.05) is 12.1 Å². The average Bonchev–Trinajstić information content (AvgIpc) is 3.27. The molecule has 1 fully saturated rings. The fraction of sp³-hybridized carbons (Fsp3) is 0.357. The Morgan fingerprint density at radius 1 is 1.30 bits per heavy atom. The normalized spacial score (nSPS) is 16.0. The third kappa shape index (κ3) is 5.86. The molecule has 210 valence electrons. The summed E-state index contributed by atoms with van der Waals surface area (Å²) in [6.45, 7) is 0.792. The highest BCUT2D eigenvalue weighted by atomic mass is 35.5. The molecule has 5 rings (SSSR count). The van der Waals surface area contributed by atoms with Crippen molar-refractivity contribution in [3.05, 3.63) is 70.1 Å². The van der Waals surface area contributed by atoms with Crippen molar-refractivity contribution in [3.63, 3.8) is 0 Å². The van der Waals surface area contributed by atoms with E-state index in [0.29, 0.717) is 41.0 Å². The maximum atomic E-state index is 14.7. The second-order valence-corrected chi connectivity index (χ2v) is 10.0. The Hall–Kier alpha value is -3.80. The molecular weight excluding hydrogens is 541 g/mol. The van der Waals surface area contributed by atoms with Crippen LogP contribution < -0.4 is 15.4 Å². The van der Waals surface area contributed by atoms with Gasteiger partial charge >= 0.3 is 0 Å². The summed E-state index contributed by atoms with van der Waals surface area (Å²) in [5, 5.41) is 16.1. The number of aliphatic hydroxyl groups is 1. The van der Waals surface area contributed by atoms with Crippen LogP contribution in [0.3, 0.4) is 0 Å². The van der Waals surface area contributed by atoms with Crippen molar-refractivity contribution < 1.29 is 28.6 Å². The van der Waals surface area contributed by atoms with Crippen LogP contribution in [0, 0.1) is 5.82 Å². The average molecular weight is 570 g/mol. The lowest BCUT2D eigenvalue weighted by atomic mass is 10.0. The largest absolute Gasteiger partial charge is 0.494 e. The third-order valence-electron chi connectivity index (χ3n) is 7.00. The first-order chi connectivity index (χ1) is 19.4. The van der Waals surface area contributed by atoms with Gasteiger partial charge in [0.15, 0.2) is 11.6 Å². The lowest BCUT2D eigenvalue weighted by Crippen LogP contribution is -2.40. The van der Waals surface area contributed by atoms with E-state index in [4.69, 9.17) is 21.1 Å². The van der Waals surface area contributed by atoms with Crippen molar-refractivity contribution >= 4 is 29.4 Å². The van der Waals surface area contributed by atoms with E-state index >= 15 is 0 Å². The first-order valence-electron chi connectivity index (χ1n) is 12.9. The Morgan fingerprint density at radius 3 is 2.85 bits per heavy atom. The molecule has 0 saturated carbocycles. The van der Waals surface area contributed by atoms with Gasteiger partial charge in [0.1, 0.15) is 6.54 Å². The fourth-order valence-electron chi connectivity index (χ4n) is 4.89. The van der Waals surface area contributed by atoms with Gasteiger partial charge in [0, 0.05) is 42.5 Å². The van der Waals surface area contributed by atoms with Gasteiger partial charge < -0.3 is 30.1 Å². The number of halogens is 2. The Morgan fingerprint density at radius 2 is 2.10 bits per heavy atom. The number of methoxy groups -OCH3 is 1. The summed E-state index contributed by atoms with van der Waals surface area (Å²) < 4.78 is 25.1. The Labute approximate surface area is 235 Å². The van der Waals surface area contributed by atoms with E-state index in [9.17, 15) is 19.1 Å². The minimum absolute atomic E-state index is 0.00134. The van der Waals surface area contributed by atoms with E-state index < -0.39 is 24.4 Å². The number of nitrogens with one attached hydrogen (secondary N) is 2. The maximum Gasteiger partial charge on any atom is 0.254 e. The SMILES string of the molecule is COc1cccc(C(CO)NC(=O)CN2Cc3ccc(-c4nc(NC5CCOCC5)ncc4Cl)cc3C2=O)c1F. The van der Waals surface area contributed by atoms with Gasteiger partial charge in [-0.1, -0.05) is 35.9 Å². The van der Waals surface area contributed by atoms with Gasteiger partial charge in [0.05, 0.1) is 36.7 Å². The van der Waals surface area contributed by atoms with Crippen molar-refractivity contribution in [1.82, 2.24) is 20.2 Å². The molecule has 3 N–H and O–H groups in total. The predicted molar refractivity (Wildman–Crippen MR) is 146 cm³/mol. The standard InChI is InChI=1S/C28H29ClFN5O5/c1-39-23-4-2-3-19(25(23)30)22(15-36)33-24(37)14-35-13-17-6-5-16(11-20(17)27(35)38)26-21(29)12-31-28(34-26)32-18-7-9-40-10-8-18/h2-6,11-12,18,22,36H,7-10,13-15H2,1H3,(H,33,37)(H,31,32,34). The molecule has 2 aliphatic heterocycles. The fourth-order valence-corrected chi connectivity index (χ4v) is 5.09. The molecule has 2 aromatic carbocycles. The number of hydrogen-bond acceptors (Lipinski definition) is 8. The number of rotatable bonds is 9. The summed E-state index contributed by atoms with van der Waals surface area (Å²) in [4.78, 5) is 36.3. The van der Waals surface area contributed by atoms with Crippen molar-refractivity contribution in [1.29, 1.82) is 0 Å². The molecule has 3 aromatic rings. The summed E-state index contributed by atoms with van der Waals surface area (Å²) in [5.41, 5.74) is 2.42. The molecule has 1 unspecified atom stereocenters. The van der Waals surface area contributed by atoms with Crippen molar-refractivity contribution in [2.24, 2.45) is 0 Å². The number of aliphatic hydroxyl groups excluding tert-OH is 1. The molecule has 12 heteroatoms. The van der Waals surface area contributed by atoms with Gasteiger partial charge in [0.25, 0.3) is 5.91 Å². The van der Waals surface area contributed by atoms with E-state index in [2.05, 4.69) is 20.6 Å². The van der Waals surface area contributed by atoms with Gasteiger partial charge in [-0.15, -0.1) is 0 Å². The molecule has 0 spiro atoms. The number of amides is 2. The van der Waals surface area contributed by atoms with Crippen molar-refractivity contribution in [3.8, 4) is 17.0 Å². The molecule has 1 aromatic heterocycles. The quantitative estimate of drug-likeness (QED) is 0.358. The smallest absolute Gasteiger partial charge is 0.254 e. The zero-order valence-electron chi connectivity index (χ0n) is 21.8. The number of hydrogen-bond donors (Lipinski definition) is 3. The van der Waals surface area contributed by atoms with Crippen LogP contribution in [0.1, 0.15) is 40.4 Å². The van der Waals surface area contributed by atoms with Gasteiger partial charge in [-0.2, -0.15) is 0 Å². The number of ether oxygens (including phenoxy) is 2. The lowest BCUT2D eigenvalue weighted by Gasteiger charge is -2.23. The second-order valence-electron chi connectivity index (χ2n) is 9.62. The number of aromatic nitrogens is 2. The van der Waals surface area contributed by atoms with E-state index in [0.717, 1.165) is 18.4 Å². The molecule has 0 radical (unpaired) electrons. The highest BCUT2D eigenvalue weighted by molar-refractivity contribution is 6.33. The first-order valence-corrected chi connectivity index (χ1v) is 13.3. The van der Waals surface area contributed by atoms with E-state index in [-0.39, 0.29) is 36.4 Å². The molecule has 1 atom stereocenters. The Balaban J connectivity index is 1.28. The van der Waals surface area contributed by atoms with Gasteiger partial charge in [-0.3, -0.25) is 9.59 Å². The zero-order chi connectivity index (χ0) is 28.2. The molecule has 1 saturated heterocycles. The van der Waals surface area contributed by atoms with E-state index in [1.165, 1.54) is 30.3 Å². The highest BCUT2D eigenvalue weighted by Gasteiger charge is 2.30. The lowest BCUT2D eigenvalue weighted by molar-refractivity contribution is -0.122. The summed E-state index contributed by atoms with van der Waals surface area (Å²) in [5.74, 6) is -1.09. The van der Waals surface area contributed by atoms with Crippen LogP contribution in [-0.4, -0.2) is 71.3 Å². The maximum absolute atomic E-state index is 14.7. The van der Waals surface area contributed by atoms with Crippen LogP contribution in [0.25, 0.3) is 11.3 Å². The van der Waals surface area contributed by atoms with Crippen LogP contribution in [0.4, 0.5) is 10.3 Å². The molecule has 0 aliphatic carbocycles. The highest BCUT2D eigenvalue weighted by Crippen LogP contribution is 2.32. The third-order valence-corrected chi connectivity index (χ3v) is 7.28. The molecular formula is C28H29ClFN5O5. The summed E-state index contributed by atoms with van der Waals surface area (Å²) in [7, 11) is 1.33. The molecule has 2 amide bonds. The van der Waals surface area contributed by atoms with Gasteiger partial charge in [-0.25, -0.2) is 14.4 Å². The zero-order valence-corrected chi connectivity index (χ0v) is 22.6. The van der Waals surface area contributed by atoms with Crippen LogP contribution >= 0.6 is 11.6 Å². The predicted octanol–water partition coefficient (Wildman–Crippen LogP) is 3.34. The number of nitrogens with zero attached hydrogens (tertiary/aromatic N) is 3. The van der Waals surface area contributed by atoms with Crippen molar-refractivity contribution in [2.75, 3.05) is 38.8 Å². The number of benzene rings is 2. The van der Waals surface area contributed by atoms with Crippen LogP contribution in [0.5, 0.6) is 5.75 Å². The molecule has 2 aliphatic rings. The van der Waals surface area contributed by atoms with Crippen LogP contribution in [-0.2, 0) is 16.1 Å². The molecule has 0 bridgehead atoms. The topological polar surface area (TPSA) is 126 Å². The monoisotopic (exact) mass is 569 g/mol. The number of carbonyl (C=O) groups excluding carboxylic acids is 2. The first kappa shape index (κ1) is 27.8. The van der Waals surface area contributed by atoms with Gasteiger partial charge in [0.2, 0.25) is 11.9 Å². The molecule has 10 nitrogen and oxygen atoms in total. The number of anilines is 1. The molecule has 3 heterocycles. The number of carbonyl (C=O) groups is 2. The van der Waals surface area contributed by atoms with Crippen molar-refractivity contribution in [2.45, 2.75) is 31.5 Å². The number of fused-ring (bicyclic) bond motifs is 1. The second kappa shape index (κ2) is 12.2. The summed E-state index contributed by atoms with van der Waals surface area (Å²) >= 11 is 6.43. The minimum Gasteiger partial charge on any atom is -0.494 e. The molecule has 40 heavy (non-hydrogen) atoms.